The minimum atomic E-state index is -3.13. The molecule has 0 aliphatic carbocycles. The molecule has 0 amide bonds. The normalized spacial score (nSPS) is 14.2. The number of aromatic amines is 1. The summed E-state index contributed by atoms with van der Waals surface area (Å²) in [5.41, 5.74) is 5.11. The standard InChI is InChI=1S/C5H10O5.C3H5N3.H3O3P/c6-1-3(8)5(10)4(9)2-7;4-3-5-1-2-6-3;1-4(2)3/h1,3-5,7-10H,2H2;1-2H,(H3,4,5,6);4H,(H2,1,2,3). The van der Waals surface area contributed by atoms with Gasteiger partial charge in [-0.2, -0.15) is 0 Å². The van der Waals surface area contributed by atoms with Crippen LogP contribution in [0, 0.1) is 0 Å². The number of nitrogens with two attached hydrogens (primary N) is 1. The summed E-state index contributed by atoms with van der Waals surface area (Å²) in [6.45, 7) is -0.688. The number of hydrogen-bond acceptors (Lipinski definition) is 8. The Morgan fingerprint density at radius 3 is 2.10 bits per heavy atom. The van der Waals surface area contributed by atoms with E-state index in [-0.39, 0.29) is 6.29 Å². The fourth-order valence-corrected chi connectivity index (χ4v) is 0.694. The highest BCUT2D eigenvalue weighted by atomic mass is 31.1. The van der Waals surface area contributed by atoms with Gasteiger partial charge in [-0.15, -0.1) is 0 Å². The number of carbonyl (C=O) groups excluding carboxylic acids is 1. The van der Waals surface area contributed by atoms with E-state index in [4.69, 9.17) is 40.5 Å². The molecule has 3 unspecified atom stereocenters. The SMILES string of the molecule is Nc1ncc[nH]1.O=CC(O)C(O)C(O)CO.O=[PH](O)O. The van der Waals surface area contributed by atoms with Crippen LogP contribution in [0.3, 0.4) is 0 Å². The van der Waals surface area contributed by atoms with Gasteiger partial charge in [0.15, 0.2) is 12.2 Å². The third-order valence-corrected chi connectivity index (χ3v) is 1.59. The van der Waals surface area contributed by atoms with Crippen LogP contribution in [0.25, 0.3) is 0 Å². The molecule has 1 heterocycles. The van der Waals surface area contributed by atoms with Crippen LogP contribution in [0.4, 0.5) is 5.95 Å². The van der Waals surface area contributed by atoms with Crippen molar-refractivity contribution in [1.82, 2.24) is 9.97 Å². The van der Waals surface area contributed by atoms with Gasteiger partial charge in [0.05, 0.1) is 6.61 Å². The molecule has 0 aliphatic rings. The van der Waals surface area contributed by atoms with E-state index in [9.17, 15) is 4.79 Å². The smallest absolute Gasteiger partial charge is 0.314 e. The summed E-state index contributed by atoms with van der Waals surface area (Å²) in [6.07, 6.45) is -1.35. The lowest BCUT2D eigenvalue weighted by Crippen LogP contribution is -2.40. The molecule has 1 aromatic heterocycles. The second kappa shape index (κ2) is 12.7. The number of nitrogens with zero attached hydrogens (tertiary/aromatic N) is 1. The Morgan fingerprint density at radius 1 is 1.40 bits per heavy atom. The first-order chi connectivity index (χ1) is 9.26. The summed E-state index contributed by atoms with van der Waals surface area (Å²) < 4.78 is 8.74. The first kappa shape index (κ1) is 21.0. The molecule has 11 nitrogen and oxygen atoms in total. The van der Waals surface area contributed by atoms with Gasteiger partial charge in [0.2, 0.25) is 0 Å². The van der Waals surface area contributed by atoms with Crippen molar-refractivity contribution in [2.24, 2.45) is 0 Å². The van der Waals surface area contributed by atoms with Crippen LogP contribution in [0.1, 0.15) is 0 Å². The highest BCUT2D eigenvalue weighted by Gasteiger charge is 2.22. The zero-order chi connectivity index (χ0) is 16.1. The lowest BCUT2D eigenvalue weighted by molar-refractivity contribution is -0.127. The van der Waals surface area contributed by atoms with E-state index in [1.54, 1.807) is 12.4 Å². The quantitative estimate of drug-likeness (QED) is 0.204. The lowest BCUT2D eigenvalue weighted by atomic mass is 10.1. The predicted molar refractivity (Wildman–Crippen MR) is 67.6 cm³/mol. The molecule has 118 valence electrons. The Balaban J connectivity index is 0. The van der Waals surface area contributed by atoms with Gasteiger partial charge in [-0.25, -0.2) is 4.98 Å². The molecule has 3 atom stereocenters. The van der Waals surface area contributed by atoms with Crippen molar-refractivity contribution < 1.29 is 39.6 Å². The molecule has 20 heavy (non-hydrogen) atoms. The predicted octanol–water partition coefficient (Wildman–Crippen LogP) is -3.39. The first-order valence-corrected chi connectivity index (χ1v) is 6.33. The van der Waals surface area contributed by atoms with Gasteiger partial charge in [-0.05, 0) is 0 Å². The third-order valence-electron chi connectivity index (χ3n) is 1.59. The maximum Gasteiger partial charge on any atom is 0.314 e. The van der Waals surface area contributed by atoms with Crippen molar-refractivity contribution in [1.29, 1.82) is 0 Å². The van der Waals surface area contributed by atoms with Crippen LogP contribution in [-0.4, -0.2) is 71.4 Å². The number of nitrogens with one attached hydrogen (secondary N) is 1. The fourth-order valence-electron chi connectivity index (χ4n) is 0.694. The number of aromatic nitrogens is 2. The van der Waals surface area contributed by atoms with Gasteiger partial charge in [-0.1, -0.05) is 0 Å². The Hall–Kier alpha value is -1.33. The molecule has 12 heteroatoms. The molecule has 0 radical (unpaired) electrons. The van der Waals surface area contributed by atoms with E-state index in [1.807, 2.05) is 0 Å². The number of rotatable bonds is 4. The monoisotopic (exact) mass is 315 g/mol. The van der Waals surface area contributed by atoms with Crippen molar-refractivity contribution in [3.8, 4) is 0 Å². The third kappa shape index (κ3) is 13.1. The number of nitrogen functional groups attached to an aromatic ring is 1. The van der Waals surface area contributed by atoms with Gasteiger partial charge >= 0.3 is 8.25 Å². The number of aldehydes is 1. The summed E-state index contributed by atoms with van der Waals surface area (Å²) in [5, 5.41) is 34.1. The van der Waals surface area contributed by atoms with Crippen molar-refractivity contribution in [3.63, 3.8) is 0 Å². The zero-order valence-corrected chi connectivity index (χ0v) is 11.2. The molecule has 0 bridgehead atoms. The first-order valence-electron chi connectivity index (χ1n) is 5.03. The number of hydrogen-bond donors (Lipinski definition) is 8. The molecule has 0 saturated heterocycles. The number of H-pyrrole nitrogens is 1. The topological polar surface area (TPSA) is 210 Å². The highest BCUT2D eigenvalue weighted by molar-refractivity contribution is 7.30. The Labute approximate surface area is 114 Å². The Morgan fingerprint density at radius 2 is 1.90 bits per heavy atom. The van der Waals surface area contributed by atoms with Crippen molar-refractivity contribution in [3.05, 3.63) is 12.4 Å². The largest absolute Gasteiger partial charge is 0.394 e. The molecule has 0 fully saturated rings. The van der Waals surface area contributed by atoms with Gasteiger partial charge in [0.25, 0.3) is 0 Å². The van der Waals surface area contributed by atoms with E-state index < -0.39 is 33.2 Å². The molecule has 1 aromatic rings. The Bertz CT molecular complexity index is 359. The van der Waals surface area contributed by atoms with Gasteiger partial charge in [0.1, 0.15) is 18.3 Å². The molecule has 0 aromatic carbocycles. The average molecular weight is 315 g/mol. The van der Waals surface area contributed by atoms with Gasteiger partial charge < -0.3 is 45.7 Å². The van der Waals surface area contributed by atoms with E-state index in [2.05, 4.69) is 9.97 Å². The van der Waals surface area contributed by atoms with Crippen molar-refractivity contribution in [2.75, 3.05) is 12.3 Å². The Kier molecular flexibility index (Phi) is 13.3. The van der Waals surface area contributed by atoms with Crippen LogP contribution >= 0.6 is 8.25 Å². The van der Waals surface area contributed by atoms with E-state index in [1.165, 1.54) is 0 Å². The molecule has 1 rings (SSSR count). The summed E-state index contributed by atoms with van der Waals surface area (Å²) in [7, 11) is -3.13. The number of aliphatic hydroxyl groups is 4. The second-order valence-corrected chi connectivity index (χ2v) is 3.69. The fraction of sp³-hybridized carbons (Fsp3) is 0.500. The molecule has 0 spiro atoms. The highest BCUT2D eigenvalue weighted by Crippen LogP contribution is 1.98. The molecular formula is C8H18N3O8P. The van der Waals surface area contributed by atoms with Crippen LogP contribution in [0.5, 0.6) is 0 Å². The number of aliphatic hydroxyl groups excluding tert-OH is 4. The lowest BCUT2D eigenvalue weighted by Gasteiger charge is -2.16. The summed E-state index contributed by atoms with van der Waals surface area (Å²) in [4.78, 5) is 30.4. The number of carbonyl (C=O) groups is 1. The zero-order valence-electron chi connectivity index (χ0n) is 10.2. The molecule has 0 aliphatic heterocycles. The van der Waals surface area contributed by atoms with Crippen molar-refractivity contribution >= 4 is 20.5 Å². The number of imidazole rings is 1. The van der Waals surface area contributed by atoms with Gasteiger partial charge in [0, 0.05) is 12.4 Å². The molecule has 9 N–H and O–H groups in total. The molecular weight excluding hydrogens is 297 g/mol. The van der Waals surface area contributed by atoms with E-state index >= 15 is 0 Å². The summed E-state index contributed by atoms with van der Waals surface area (Å²) >= 11 is 0. The number of anilines is 1. The minimum absolute atomic E-state index is 0.0869. The maximum atomic E-state index is 9.76. The van der Waals surface area contributed by atoms with Gasteiger partial charge in [-0.3, -0.25) is 4.57 Å². The van der Waals surface area contributed by atoms with Crippen LogP contribution in [0.15, 0.2) is 12.4 Å². The average Bonchev–Trinajstić information content (AvgIpc) is 2.87. The van der Waals surface area contributed by atoms with Crippen LogP contribution in [0.2, 0.25) is 0 Å². The second-order valence-electron chi connectivity index (χ2n) is 3.12. The van der Waals surface area contributed by atoms with Crippen LogP contribution in [-0.2, 0) is 9.36 Å². The maximum absolute atomic E-state index is 9.76. The summed E-state index contributed by atoms with van der Waals surface area (Å²) in [6, 6.07) is 0. The summed E-state index contributed by atoms with van der Waals surface area (Å²) in [5.74, 6) is 0.468. The molecule has 0 saturated carbocycles. The van der Waals surface area contributed by atoms with E-state index in [0.717, 1.165) is 0 Å². The van der Waals surface area contributed by atoms with Crippen molar-refractivity contribution in [2.45, 2.75) is 18.3 Å². The van der Waals surface area contributed by atoms with Crippen LogP contribution < -0.4 is 5.73 Å². The van der Waals surface area contributed by atoms with E-state index in [0.29, 0.717) is 5.95 Å². The minimum Gasteiger partial charge on any atom is -0.394 e.